The maximum atomic E-state index is 5.81. The second-order valence-corrected chi connectivity index (χ2v) is 6.76. The average molecular weight is 379 g/mol. The molecule has 0 spiro atoms. The SMILES string of the molecule is CCNC(=NCc1ccc(NCCOC)cc1)NCCC(OCC)C(C)C. The Bertz CT molecular complexity index is 517. The first-order chi connectivity index (χ1) is 13.1. The summed E-state index contributed by atoms with van der Waals surface area (Å²) in [6.45, 7) is 13.1. The van der Waals surface area contributed by atoms with Crippen molar-refractivity contribution < 1.29 is 9.47 Å². The number of anilines is 1. The molecule has 0 aromatic heterocycles. The highest BCUT2D eigenvalue weighted by Crippen LogP contribution is 2.11. The molecule has 1 atom stereocenters. The van der Waals surface area contributed by atoms with Crippen LogP contribution in [0.1, 0.15) is 39.7 Å². The van der Waals surface area contributed by atoms with Crippen molar-refractivity contribution in [2.75, 3.05) is 45.3 Å². The van der Waals surface area contributed by atoms with Crippen LogP contribution in [0, 0.1) is 5.92 Å². The van der Waals surface area contributed by atoms with E-state index in [-0.39, 0.29) is 6.10 Å². The molecular formula is C21H38N4O2. The third-order valence-electron chi connectivity index (χ3n) is 4.20. The van der Waals surface area contributed by atoms with Crippen molar-refractivity contribution in [1.82, 2.24) is 10.6 Å². The van der Waals surface area contributed by atoms with E-state index in [1.807, 2.05) is 6.92 Å². The van der Waals surface area contributed by atoms with E-state index in [0.717, 1.165) is 44.3 Å². The zero-order valence-electron chi connectivity index (χ0n) is 17.7. The lowest BCUT2D eigenvalue weighted by molar-refractivity contribution is 0.0258. The van der Waals surface area contributed by atoms with Crippen LogP contribution in [0.2, 0.25) is 0 Å². The summed E-state index contributed by atoms with van der Waals surface area (Å²) in [7, 11) is 1.71. The van der Waals surface area contributed by atoms with Gasteiger partial charge in [-0.05, 0) is 43.9 Å². The van der Waals surface area contributed by atoms with Crippen molar-refractivity contribution in [3.63, 3.8) is 0 Å². The van der Waals surface area contributed by atoms with Gasteiger partial charge in [-0.3, -0.25) is 0 Å². The Balaban J connectivity index is 2.50. The standard InChI is InChI=1S/C21H38N4O2/c1-6-22-21(24-13-12-20(17(3)4)27-7-2)25-16-18-8-10-19(11-9-18)23-14-15-26-5/h8-11,17,20,23H,6-7,12-16H2,1-5H3,(H2,22,24,25). The van der Waals surface area contributed by atoms with Gasteiger partial charge in [0.25, 0.3) is 0 Å². The number of nitrogens with one attached hydrogen (secondary N) is 3. The quantitative estimate of drug-likeness (QED) is 0.279. The van der Waals surface area contributed by atoms with Gasteiger partial charge in [0.2, 0.25) is 0 Å². The van der Waals surface area contributed by atoms with Crippen LogP contribution in [0.15, 0.2) is 29.3 Å². The Morgan fingerprint density at radius 3 is 2.41 bits per heavy atom. The number of guanidine groups is 1. The number of nitrogens with zero attached hydrogens (tertiary/aromatic N) is 1. The molecule has 27 heavy (non-hydrogen) atoms. The fraction of sp³-hybridized carbons (Fsp3) is 0.667. The zero-order valence-corrected chi connectivity index (χ0v) is 17.7. The molecular weight excluding hydrogens is 340 g/mol. The molecule has 154 valence electrons. The number of methoxy groups -OCH3 is 1. The molecule has 1 aromatic carbocycles. The number of rotatable bonds is 13. The van der Waals surface area contributed by atoms with Gasteiger partial charge in [-0.15, -0.1) is 0 Å². The maximum absolute atomic E-state index is 5.81. The van der Waals surface area contributed by atoms with Crippen LogP contribution in [0.25, 0.3) is 0 Å². The normalized spacial score (nSPS) is 12.9. The molecule has 0 aliphatic rings. The van der Waals surface area contributed by atoms with Crippen molar-refractivity contribution in [2.24, 2.45) is 10.9 Å². The molecule has 6 nitrogen and oxygen atoms in total. The highest BCUT2D eigenvalue weighted by atomic mass is 16.5. The monoisotopic (exact) mass is 378 g/mol. The lowest BCUT2D eigenvalue weighted by Gasteiger charge is -2.21. The van der Waals surface area contributed by atoms with E-state index < -0.39 is 0 Å². The largest absolute Gasteiger partial charge is 0.383 e. The molecule has 0 aliphatic carbocycles. The van der Waals surface area contributed by atoms with Gasteiger partial charge in [0.1, 0.15) is 0 Å². The smallest absolute Gasteiger partial charge is 0.191 e. The molecule has 6 heteroatoms. The molecule has 0 heterocycles. The minimum atomic E-state index is 0.281. The first-order valence-electron chi connectivity index (χ1n) is 10.1. The maximum Gasteiger partial charge on any atom is 0.191 e. The predicted molar refractivity (Wildman–Crippen MR) is 114 cm³/mol. The van der Waals surface area contributed by atoms with Gasteiger partial charge < -0.3 is 25.4 Å². The van der Waals surface area contributed by atoms with Gasteiger partial charge in [-0.1, -0.05) is 26.0 Å². The zero-order chi connectivity index (χ0) is 19.9. The summed E-state index contributed by atoms with van der Waals surface area (Å²) in [6.07, 6.45) is 1.25. The number of hydrogen-bond acceptors (Lipinski definition) is 4. The topological polar surface area (TPSA) is 66.9 Å². The number of ether oxygens (including phenoxy) is 2. The predicted octanol–water partition coefficient (Wildman–Crippen LogP) is 3.25. The van der Waals surface area contributed by atoms with Gasteiger partial charge in [0.15, 0.2) is 5.96 Å². The summed E-state index contributed by atoms with van der Waals surface area (Å²) in [6, 6.07) is 8.37. The Hall–Kier alpha value is -1.79. The summed E-state index contributed by atoms with van der Waals surface area (Å²) in [4.78, 5) is 4.69. The lowest BCUT2D eigenvalue weighted by atomic mass is 10.0. The van der Waals surface area contributed by atoms with Crippen LogP contribution < -0.4 is 16.0 Å². The molecule has 1 unspecified atom stereocenters. The molecule has 0 amide bonds. The molecule has 1 aromatic rings. The first kappa shape index (κ1) is 23.2. The minimum absolute atomic E-state index is 0.281. The molecule has 1 rings (SSSR count). The highest BCUT2D eigenvalue weighted by Gasteiger charge is 2.12. The van der Waals surface area contributed by atoms with Crippen LogP contribution in [-0.4, -0.2) is 52.0 Å². The number of aliphatic imine (C=N–C) groups is 1. The van der Waals surface area contributed by atoms with Crippen LogP contribution in [0.3, 0.4) is 0 Å². The van der Waals surface area contributed by atoms with E-state index in [2.05, 4.69) is 66.0 Å². The molecule has 3 N–H and O–H groups in total. The van der Waals surface area contributed by atoms with Gasteiger partial charge in [-0.2, -0.15) is 0 Å². The van der Waals surface area contributed by atoms with Crippen molar-refractivity contribution in [3.05, 3.63) is 29.8 Å². The van der Waals surface area contributed by atoms with E-state index in [1.165, 1.54) is 5.56 Å². The first-order valence-corrected chi connectivity index (χ1v) is 10.1. The molecule has 0 bridgehead atoms. The average Bonchev–Trinajstić information content (AvgIpc) is 2.66. The van der Waals surface area contributed by atoms with E-state index in [9.17, 15) is 0 Å². The van der Waals surface area contributed by atoms with Crippen LogP contribution in [-0.2, 0) is 16.0 Å². The van der Waals surface area contributed by atoms with Crippen LogP contribution in [0.5, 0.6) is 0 Å². The fourth-order valence-electron chi connectivity index (χ4n) is 2.69. The summed E-state index contributed by atoms with van der Waals surface area (Å²) < 4.78 is 10.9. The summed E-state index contributed by atoms with van der Waals surface area (Å²) >= 11 is 0. The molecule has 0 fully saturated rings. The Morgan fingerprint density at radius 2 is 1.81 bits per heavy atom. The van der Waals surface area contributed by atoms with Gasteiger partial charge in [0.05, 0.1) is 19.3 Å². The number of hydrogen-bond donors (Lipinski definition) is 3. The van der Waals surface area contributed by atoms with Gasteiger partial charge in [0, 0.05) is 39.0 Å². The van der Waals surface area contributed by atoms with E-state index in [1.54, 1.807) is 7.11 Å². The Morgan fingerprint density at radius 1 is 1.07 bits per heavy atom. The van der Waals surface area contributed by atoms with Gasteiger partial charge >= 0.3 is 0 Å². The van der Waals surface area contributed by atoms with Gasteiger partial charge in [-0.25, -0.2) is 4.99 Å². The van der Waals surface area contributed by atoms with Crippen molar-refractivity contribution in [3.8, 4) is 0 Å². The summed E-state index contributed by atoms with van der Waals surface area (Å²) in [5, 5.41) is 10.0. The summed E-state index contributed by atoms with van der Waals surface area (Å²) in [5.74, 6) is 1.36. The summed E-state index contributed by atoms with van der Waals surface area (Å²) in [5.41, 5.74) is 2.28. The Labute approximate surface area is 165 Å². The van der Waals surface area contributed by atoms with Crippen molar-refractivity contribution in [1.29, 1.82) is 0 Å². The van der Waals surface area contributed by atoms with Crippen molar-refractivity contribution >= 4 is 11.6 Å². The van der Waals surface area contributed by atoms with E-state index >= 15 is 0 Å². The van der Waals surface area contributed by atoms with Crippen LogP contribution >= 0.6 is 0 Å². The third kappa shape index (κ3) is 10.2. The molecule has 0 saturated heterocycles. The van der Waals surface area contributed by atoms with Crippen molar-refractivity contribution in [2.45, 2.75) is 46.8 Å². The molecule has 0 radical (unpaired) electrons. The minimum Gasteiger partial charge on any atom is -0.383 e. The third-order valence-corrected chi connectivity index (χ3v) is 4.20. The fourth-order valence-corrected chi connectivity index (χ4v) is 2.69. The van der Waals surface area contributed by atoms with Crippen LogP contribution in [0.4, 0.5) is 5.69 Å². The molecule has 0 aliphatic heterocycles. The number of benzene rings is 1. The highest BCUT2D eigenvalue weighted by molar-refractivity contribution is 5.79. The Kier molecular flexibility index (Phi) is 12.3. The second kappa shape index (κ2) is 14.3. The molecule has 0 saturated carbocycles. The lowest BCUT2D eigenvalue weighted by Crippen LogP contribution is -2.39. The van der Waals surface area contributed by atoms with E-state index in [4.69, 9.17) is 9.47 Å². The second-order valence-electron chi connectivity index (χ2n) is 6.76. The van der Waals surface area contributed by atoms with E-state index in [0.29, 0.717) is 19.1 Å².